The molecule has 278 valence electrons. The van der Waals surface area contributed by atoms with Gasteiger partial charge in [-0.3, -0.25) is 9.59 Å². The molecule has 0 aromatic carbocycles. The van der Waals surface area contributed by atoms with Crippen molar-refractivity contribution in [1.82, 2.24) is 0 Å². The van der Waals surface area contributed by atoms with Gasteiger partial charge < -0.3 is 9.84 Å². The maximum atomic E-state index is 12.7. The molecule has 0 bridgehead atoms. The highest BCUT2D eigenvalue weighted by Gasteiger charge is 2.14. The molecule has 0 amide bonds. The van der Waals surface area contributed by atoms with Crippen LogP contribution in [0, 0.1) is 0 Å². The van der Waals surface area contributed by atoms with Crippen molar-refractivity contribution in [2.75, 3.05) is 0 Å². The van der Waals surface area contributed by atoms with Gasteiger partial charge in [0.1, 0.15) is 6.10 Å². The van der Waals surface area contributed by atoms with Crippen LogP contribution >= 0.6 is 0 Å². The molecule has 0 aliphatic carbocycles. The van der Waals surface area contributed by atoms with Crippen LogP contribution in [-0.4, -0.2) is 23.1 Å². The summed E-state index contributed by atoms with van der Waals surface area (Å²) in [6, 6.07) is 0. The summed E-state index contributed by atoms with van der Waals surface area (Å²) in [6.07, 6.45) is 52.9. The van der Waals surface area contributed by atoms with Gasteiger partial charge in [-0.25, -0.2) is 0 Å². The summed E-state index contributed by atoms with van der Waals surface area (Å²) >= 11 is 0. The summed E-state index contributed by atoms with van der Waals surface area (Å²) in [5, 5.41) is 8.71. The van der Waals surface area contributed by atoms with Gasteiger partial charge in [-0.15, -0.1) is 0 Å². The lowest BCUT2D eigenvalue weighted by Gasteiger charge is -2.18. The Morgan fingerprint density at radius 3 is 1.29 bits per heavy atom. The van der Waals surface area contributed by atoms with Gasteiger partial charge >= 0.3 is 11.9 Å². The second-order valence-corrected chi connectivity index (χ2v) is 13.8. The van der Waals surface area contributed by atoms with E-state index in [1.54, 1.807) is 0 Å². The number of hydrogen-bond acceptors (Lipinski definition) is 3. The molecule has 0 saturated heterocycles. The van der Waals surface area contributed by atoms with E-state index in [1.807, 2.05) is 0 Å². The molecule has 4 heteroatoms. The van der Waals surface area contributed by atoms with E-state index in [4.69, 9.17) is 9.84 Å². The lowest BCUT2D eigenvalue weighted by molar-refractivity contribution is -0.150. The average Bonchev–Trinajstić information content (AvgIpc) is 3.07. The van der Waals surface area contributed by atoms with E-state index >= 15 is 0 Å². The largest absolute Gasteiger partial charge is 0.481 e. The van der Waals surface area contributed by atoms with Gasteiger partial charge in [0.2, 0.25) is 0 Å². The number of allylic oxidation sites excluding steroid dienone is 8. The van der Waals surface area contributed by atoms with Crippen LogP contribution < -0.4 is 0 Å². The molecule has 0 aromatic heterocycles. The van der Waals surface area contributed by atoms with Gasteiger partial charge in [-0.05, 0) is 83.5 Å². The number of hydrogen-bond donors (Lipinski definition) is 1. The normalized spacial score (nSPS) is 12.7. The Labute approximate surface area is 298 Å². The Morgan fingerprint density at radius 1 is 0.458 bits per heavy atom. The van der Waals surface area contributed by atoms with Crippen LogP contribution in [0.25, 0.3) is 0 Å². The number of carbonyl (C=O) groups is 2. The lowest BCUT2D eigenvalue weighted by atomic mass is 10.0. The minimum absolute atomic E-state index is 0.00654. The summed E-state index contributed by atoms with van der Waals surface area (Å²) in [6.45, 7) is 4.50. The van der Waals surface area contributed by atoms with E-state index in [1.165, 1.54) is 103 Å². The van der Waals surface area contributed by atoms with Crippen molar-refractivity contribution < 1.29 is 19.4 Å². The molecule has 0 aliphatic rings. The highest BCUT2D eigenvalue weighted by Crippen LogP contribution is 2.19. The van der Waals surface area contributed by atoms with Crippen molar-refractivity contribution in [2.24, 2.45) is 0 Å². The van der Waals surface area contributed by atoms with Gasteiger partial charge in [0.25, 0.3) is 0 Å². The summed E-state index contributed by atoms with van der Waals surface area (Å²) in [7, 11) is 0. The summed E-state index contributed by atoms with van der Waals surface area (Å²) < 4.78 is 6.02. The number of unbranched alkanes of at least 4 members (excludes halogenated alkanes) is 20. The van der Waals surface area contributed by atoms with Crippen LogP contribution in [0.5, 0.6) is 0 Å². The molecule has 0 aliphatic heterocycles. The molecule has 1 unspecified atom stereocenters. The monoisotopic (exact) mass is 671 g/mol. The van der Waals surface area contributed by atoms with E-state index in [2.05, 4.69) is 62.5 Å². The molecule has 0 rings (SSSR count). The Morgan fingerprint density at radius 2 is 0.812 bits per heavy atom. The van der Waals surface area contributed by atoms with Crippen molar-refractivity contribution in [1.29, 1.82) is 0 Å². The third kappa shape index (κ3) is 38.3. The zero-order valence-electron chi connectivity index (χ0n) is 31.8. The minimum Gasteiger partial charge on any atom is -0.481 e. The SMILES string of the molecule is CCCCC/C=C\C/C=C\C/C=C\C/C=C\CCCCCC(=O)OC(CCCCCCCC)CCCCCCCCCCCCC(=O)O. The molecule has 0 fully saturated rings. The fraction of sp³-hybridized carbons (Fsp3) is 0.773. The predicted octanol–water partition coefficient (Wildman–Crippen LogP) is 14.3. The molecule has 0 heterocycles. The smallest absolute Gasteiger partial charge is 0.306 e. The number of ether oxygens (including phenoxy) is 1. The van der Waals surface area contributed by atoms with E-state index in [9.17, 15) is 9.59 Å². The fourth-order valence-electron chi connectivity index (χ4n) is 5.99. The first kappa shape index (κ1) is 45.9. The van der Waals surface area contributed by atoms with Gasteiger partial charge in [-0.2, -0.15) is 0 Å². The van der Waals surface area contributed by atoms with Gasteiger partial charge in [-0.1, -0.05) is 165 Å². The minimum atomic E-state index is -0.677. The first-order valence-electron chi connectivity index (χ1n) is 20.6. The maximum absolute atomic E-state index is 12.7. The van der Waals surface area contributed by atoms with Crippen molar-refractivity contribution in [3.05, 3.63) is 48.6 Å². The third-order valence-corrected chi connectivity index (χ3v) is 9.05. The molecule has 4 nitrogen and oxygen atoms in total. The van der Waals surface area contributed by atoms with Crippen LogP contribution in [-0.2, 0) is 14.3 Å². The Hall–Kier alpha value is -2.10. The summed E-state index contributed by atoms with van der Waals surface area (Å²) in [5.74, 6) is -0.671. The second-order valence-electron chi connectivity index (χ2n) is 13.8. The number of rotatable bonds is 37. The summed E-state index contributed by atoms with van der Waals surface area (Å²) in [5.41, 5.74) is 0. The van der Waals surface area contributed by atoms with Crippen molar-refractivity contribution in [3.8, 4) is 0 Å². The standard InChI is InChI=1S/C44H78O4/c1-3-5-7-9-11-12-13-14-15-16-17-18-19-20-21-26-29-33-37-41-44(47)48-42(38-34-30-10-8-6-4-2)39-35-31-27-24-22-23-25-28-32-36-40-43(45)46/h11-12,14-15,17-18,20-21,42H,3-10,13,16,19,22-41H2,1-2H3,(H,45,46)/b12-11-,15-14-,18-17-,21-20-. The molecule has 1 atom stereocenters. The molecule has 0 spiro atoms. The predicted molar refractivity (Wildman–Crippen MR) is 209 cm³/mol. The van der Waals surface area contributed by atoms with Gasteiger partial charge in [0.05, 0.1) is 0 Å². The molecule has 0 radical (unpaired) electrons. The second kappa shape index (κ2) is 39.3. The zero-order valence-corrected chi connectivity index (χ0v) is 31.8. The van der Waals surface area contributed by atoms with Gasteiger partial charge in [0, 0.05) is 12.8 Å². The van der Waals surface area contributed by atoms with Crippen LogP contribution in [0.15, 0.2) is 48.6 Å². The van der Waals surface area contributed by atoms with Crippen LogP contribution in [0.1, 0.15) is 213 Å². The maximum Gasteiger partial charge on any atom is 0.306 e. The highest BCUT2D eigenvalue weighted by atomic mass is 16.5. The molecule has 48 heavy (non-hydrogen) atoms. The van der Waals surface area contributed by atoms with Crippen LogP contribution in [0.2, 0.25) is 0 Å². The first-order valence-corrected chi connectivity index (χ1v) is 20.6. The number of aliphatic carboxylic acids is 1. The topological polar surface area (TPSA) is 63.6 Å². The molecular weight excluding hydrogens is 592 g/mol. The lowest BCUT2D eigenvalue weighted by Crippen LogP contribution is -2.18. The number of carboxylic acids is 1. The fourth-order valence-corrected chi connectivity index (χ4v) is 5.99. The molecule has 0 saturated carbocycles. The average molecular weight is 671 g/mol. The van der Waals surface area contributed by atoms with E-state index in [0.29, 0.717) is 12.8 Å². The van der Waals surface area contributed by atoms with Crippen LogP contribution in [0.4, 0.5) is 0 Å². The van der Waals surface area contributed by atoms with Gasteiger partial charge in [0.15, 0.2) is 0 Å². The molecule has 0 aromatic rings. The van der Waals surface area contributed by atoms with E-state index in [-0.39, 0.29) is 12.1 Å². The number of esters is 1. The highest BCUT2D eigenvalue weighted by molar-refractivity contribution is 5.69. The van der Waals surface area contributed by atoms with Crippen molar-refractivity contribution >= 4 is 11.9 Å². The number of carboxylic acid groups (broad SMARTS) is 1. The third-order valence-electron chi connectivity index (χ3n) is 9.05. The summed E-state index contributed by atoms with van der Waals surface area (Å²) in [4.78, 5) is 23.2. The van der Waals surface area contributed by atoms with E-state index in [0.717, 1.165) is 83.5 Å². The van der Waals surface area contributed by atoms with Crippen LogP contribution in [0.3, 0.4) is 0 Å². The Bertz CT molecular complexity index is 809. The molecular formula is C44H78O4. The zero-order chi connectivity index (χ0) is 35.0. The Balaban J connectivity index is 4.01. The van der Waals surface area contributed by atoms with Crippen molar-refractivity contribution in [3.63, 3.8) is 0 Å². The van der Waals surface area contributed by atoms with E-state index < -0.39 is 5.97 Å². The molecule has 1 N–H and O–H groups in total. The van der Waals surface area contributed by atoms with Crippen molar-refractivity contribution in [2.45, 2.75) is 219 Å². The first-order chi connectivity index (χ1) is 23.6. The number of carbonyl (C=O) groups excluding carboxylic acids is 1. The quantitative estimate of drug-likeness (QED) is 0.0406. The Kier molecular flexibility index (Phi) is 37.6.